The molecule has 0 bridgehead atoms. The van der Waals surface area contributed by atoms with Crippen LogP contribution in [0.1, 0.15) is 434 Å². The van der Waals surface area contributed by atoms with Crippen molar-refractivity contribution in [3.63, 3.8) is 0 Å². The van der Waals surface area contributed by atoms with E-state index in [1.165, 1.54) is 244 Å². The van der Waals surface area contributed by atoms with Crippen molar-refractivity contribution < 1.29 is 80.2 Å². The van der Waals surface area contributed by atoms with E-state index in [1.807, 2.05) is 0 Å². The van der Waals surface area contributed by atoms with E-state index in [4.69, 9.17) is 37.0 Å². The molecule has 0 aliphatic rings. The monoisotopic (exact) mass is 1490 g/mol. The standard InChI is InChI=1S/C83H162O17P2/c1-8-9-10-11-12-13-14-15-16-17-18-19-20-21-24-30-37-45-52-59-66-82(87)99-78(70-93-80(85)64-57-50-43-36-29-25-22-23-27-33-40-47-54-61-74(2)3)72-97-101(89,90)95-68-77(84)69-96-102(91,92)98-73-79(71-94-81(86)65-58-51-44-39-32-35-42-49-56-63-76(6)7)100-83(88)67-60-53-46-38-31-26-28-34-41-48-55-62-75(4)5/h74-79,84H,8-73H2,1-7H3,(H,89,90)(H,91,92)/t77-,78-,79-/m1/s1. The predicted octanol–water partition coefficient (Wildman–Crippen LogP) is 24.9. The third kappa shape index (κ3) is 76.3. The molecule has 19 heteroatoms. The molecule has 0 saturated carbocycles. The fourth-order valence-electron chi connectivity index (χ4n) is 12.8. The molecule has 5 atom stereocenters. The smallest absolute Gasteiger partial charge is 0.462 e. The van der Waals surface area contributed by atoms with E-state index in [2.05, 4.69) is 48.5 Å². The maximum Gasteiger partial charge on any atom is 0.472 e. The van der Waals surface area contributed by atoms with E-state index >= 15 is 0 Å². The van der Waals surface area contributed by atoms with Crippen molar-refractivity contribution in [2.24, 2.45) is 17.8 Å². The van der Waals surface area contributed by atoms with Gasteiger partial charge in [0.1, 0.15) is 19.3 Å². The van der Waals surface area contributed by atoms with Gasteiger partial charge in [0, 0.05) is 25.7 Å². The molecule has 606 valence electrons. The molecule has 0 aliphatic heterocycles. The first-order valence-corrected chi connectivity index (χ1v) is 45.8. The molecule has 0 spiro atoms. The van der Waals surface area contributed by atoms with Crippen LogP contribution >= 0.6 is 15.6 Å². The van der Waals surface area contributed by atoms with Crippen LogP contribution in [-0.4, -0.2) is 96.7 Å². The zero-order valence-electron chi connectivity index (χ0n) is 67.1. The average molecular weight is 1490 g/mol. The van der Waals surface area contributed by atoms with Crippen LogP contribution in [0.4, 0.5) is 0 Å². The van der Waals surface area contributed by atoms with Crippen molar-refractivity contribution in [2.75, 3.05) is 39.6 Å². The lowest BCUT2D eigenvalue weighted by molar-refractivity contribution is -0.161. The van der Waals surface area contributed by atoms with Crippen LogP contribution in [-0.2, 0) is 65.4 Å². The lowest BCUT2D eigenvalue weighted by Gasteiger charge is -2.21. The van der Waals surface area contributed by atoms with E-state index in [1.54, 1.807) is 0 Å². The van der Waals surface area contributed by atoms with Crippen molar-refractivity contribution in [1.29, 1.82) is 0 Å². The molecular weight excluding hydrogens is 1330 g/mol. The number of hydrogen-bond donors (Lipinski definition) is 3. The van der Waals surface area contributed by atoms with Gasteiger partial charge in [-0.3, -0.25) is 37.3 Å². The van der Waals surface area contributed by atoms with Crippen molar-refractivity contribution in [2.45, 2.75) is 452 Å². The van der Waals surface area contributed by atoms with Gasteiger partial charge in [0.2, 0.25) is 0 Å². The Morgan fingerprint density at radius 1 is 0.265 bits per heavy atom. The van der Waals surface area contributed by atoms with Crippen molar-refractivity contribution in [1.82, 2.24) is 0 Å². The second kappa shape index (κ2) is 73.2. The maximum atomic E-state index is 13.1. The maximum absolute atomic E-state index is 13.1. The van der Waals surface area contributed by atoms with Gasteiger partial charge in [-0.25, -0.2) is 9.13 Å². The number of aliphatic hydroxyl groups excluding tert-OH is 1. The molecule has 2 unspecified atom stereocenters. The Morgan fingerprint density at radius 2 is 0.451 bits per heavy atom. The molecular formula is C83H162O17P2. The van der Waals surface area contributed by atoms with Crippen LogP contribution in [0.25, 0.3) is 0 Å². The van der Waals surface area contributed by atoms with Crippen molar-refractivity contribution >= 4 is 39.5 Å². The SMILES string of the molecule is CCCCCCCCCCCCCCCCCCCCCCC(=O)O[C@H](COC(=O)CCCCCCCCCCCCCCCC(C)C)COP(=O)(O)OC[C@@H](O)COP(=O)(O)OC[C@@H](COC(=O)CCCCCCCCCCCC(C)C)OC(=O)CCCCCCCCCCCCCC(C)C. The Bertz CT molecular complexity index is 1970. The first-order chi connectivity index (χ1) is 49.2. The number of ether oxygens (including phenoxy) is 4. The van der Waals surface area contributed by atoms with E-state index in [-0.39, 0.29) is 25.7 Å². The summed E-state index contributed by atoms with van der Waals surface area (Å²) < 4.78 is 68.8. The van der Waals surface area contributed by atoms with Crippen LogP contribution in [0, 0.1) is 17.8 Å². The minimum atomic E-state index is -4.96. The molecule has 0 rings (SSSR count). The molecule has 0 fully saturated rings. The number of rotatable bonds is 81. The quantitative estimate of drug-likeness (QED) is 0.0222. The summed E-state index contributed by atoms with van der Waals surface area (Å²) in [7, 11) is -9.93. The number of aliphatic hydroxyl groups is 1. The van der Waals surface area contributed by atoms with Gasteiger partial charge in [0.25, 0.3) is 0 Å². The second-order valence-corrected chi connectivity index (χ2v) is 34.2. The second-order valence-electron chi connectivity index (χ2n) is 31.3. The number of carbonyl (C=O) groups is 4. The summed E-state index contributed by atoms with van der Waals surface area (Å²) in [6.45, 7) is 12.0. The highest BCUT2D eigenvalue weighted by atomic mass is 31.2. The first-order valence-electron chi connectivity index (χ1n) is 42.8. The summed E-state index contributed by atoms with van der Waals surface area (Å²) in [5.74, 6) is 0.192. The number of carbonyl (C=O) groups excluding carboxylic acids is 4. The Kier molecular flexibility index (Phi) is 71.8. The molecule has 0 aromatic heterocycles. The molecule has 0 heterocycles. The fourth-order valence-corrected chi connectivity index (χ4v) is 14.4. The van der Waals surface area contributed by atoms with E-state index < -0.39 is 97.5 Å². The third-order valence-corrected chi connectivity index (χ3v) is 21.3. The summed E-state index contributed by atoms with van der Waals surface area (Å²) in [5, 5.41) is 10.7. The molecule has 17 nitrogen and oxygen atoms in total. The lowest BCUT2D eigenvalue weighted by Crippen LogP contribution is -2.30. The molecule has 0 radical (unpaired) electrons. The number of unbranched alkanes of at least 4 members (excludes halogenated alkanes) is 49. The van der Waals surface area contributed by atoms with Gasteiger partial charge in [0.15, 0.2) is 12.2 Å². The fraction of sp³-hybridized carbons (Fsp3) is 0.952. The van der Waals surface area contributed by atoms with E-state index in [9.17, 15) is 43.2 Å². The van der Waals surface area contributed by atoms with Crippen LogP contribution < -0.4 is 0 Å². The van der Waals surface area contributed by atoms with Crippen LogP contribution in [0.15, 0.2) is 0 Å². The predicted molar refractivity (Wildman–Crippen MR) is 418 cm³/mol. The van der Waals surface area contributed by atoms with E-state index in [0.29, 0.717) is 25.7 Å². The summed E-state index contributed by atoms with van der Waals surface area (Å²) in [6.07, 6.45) is 62.5. The largest absolute Gasteiger partial charge is 0.472 e. The van der Waals surface area contributed by atoms with Crippen LogP contribution in [0.2, 0.25) is 0 Å². The average Bonchev–Trinajstić information content (AvgIpc) is 0.909. The topological polar surface area (TPSA) is 237 Å². The van der Waals surface area contributed by atoms with Crippen LogP contribution in [0.3, 0.4) is 0 Å². The minimum absolute atomic E-state index is 0.106. The molecule has 0 amide bonds. The van der Waals surface area contributed by atoms with Crippen molar-refractivity contribution in [3.8, 4) is 0 Å². The highest BCUT2D eigenvalue weighted by Gasteiger charge is 2.30. The summed E-state index contributed by atoms with van der Waals surface area (Å²) in [4.78, 5) is 73.1. The molecule has 102 heavy (non-hydrogen) atoms. The number of esters is 4. The zero-order chi connectivity index (χ0) is 75.1. The first kappa shape index (κ1) is 100. The Balaban J connectivity index is 5.25. The van der Waals surface area contributed by atoms with Crippen molar-refractivity contribution in [3.05, 3.63) is 0 Å². The van der Waals surface area contributed by atoms with Gasteiger partial charge in [-0.15, -0.1) is 0 Å². The lowest BCUT2D eigenvalue weighted by atomic mass is 10.0. The van der Waals surface area contributed by atoms with Gasteiger partial charge >= 0.3 is 39.5 Å². The molecule has 0 aromatic rings. The highest BCUT2D eigenvalue weighted by molar-refractivity contribution is 7.47. The minimum Gasteiger partial charge on any atom is -0.462 e. The normalized spacial score (nSPS) is 13.9. The summed E-state index contributed by atoms with van der Waals surface area (Å²) >= 11 is 0. The Hall–Kier alpha value is -1.94. The van der Waals surface area contributed by atoms with Gasteiger partial charge < -0.3 is 33.8 Å². The van der Waals surface area contributed by atoms with Gasteiger partial charge in [-0.1, -0.05) is 382 Å². The number of hydrogen-bond acceptors (Lipinski definition) is 15. The Labute approximate surface area is 626 Å². The summed E-state index contributed by atoms with van der Waals surface area (Å²) in [6, 6.07) is 0. The summed E-state index contributed by atoms with van der Waals surface area (Å²) in [5.41, 5.74) is 0. The third-order valence-electron chi connectivity index (χ3n) is 19.4. The molecule has 0 aliphatic carbocycles. The molecule has 0 saturated heterocycles. The van der Waals surface area contributed by atoms with Gasteiger partial charge in [-0.2, -0.15) is 0 Å². The van der Waals surface area contributed by atoms with Gasteiger partial charge in [-0.05, 0) is 43.4 Å². The Morgan fingerprint density at radius 3 is 0.667 bits per heavy atom. The van der Waals surface area contributed by atoms with E-state index in [0.717, 1.165) is 108 Å². The molecule has 3 N–H and O–H groups in total. The highest BCUT2D eigenvalue weighted by Crippen LogP contribution is 2.45. The van der Waals surface area contributed by atoms with Gasteiger partial charge in [0.05, 0.1) is 26.4 Å². The van der Waals surface area contributed by atoms with Crippen LogP contribution in [0.5, 0.6) is 0 Å². The molecule has 0 aromatic carbocycles. The number of phosphoric ester groups is 2. The number of phosphoric acid groups is 2. The zero-order valence-corrected chi connectivity index (χ0v) is 68.9.